The molecule has 0 aromatic carbocycles. The summed E-state index contributed by atoms with van der Waals surface area (Å²) in [5.41, 5.74) is 1.34. The first kappa shape index (κ1) is 12.7. The summed E-state index contributed by atoms with van der Waals surface area (Å²) >= 11 is 0. The van der Waals surface area contributed by atoms with Crippen molar-refractivity contribution in [3.63, 3.8) is 0 Å². The number of aryl methyl sites for hydroxylation is 2. The van der Waals surface area contributed by atoms with Crippen LogP contribution in [0.5, 0.6) is 0 Å². The fourth-order valence-electron chi connectivity index (χ4n) is 0.944. The highest BCUT2D eigenvalue weighted by Crippen LogP contribution is 2.20. The van der Waals surface area contributed by atoms with E-state index in [4.69, 9.17) is 5.11 Å². The zero-order valence-corrected chi connectivity index (χ0v) is 8.84. The maximum absolute atomic E-state index is 12.0. The molecule has 0 aliphatic heterocycles. The normalized spacial score (nSPS) is 13.6. The predicted molar refractivity (Wildman–Crippen MR) is 52.1 cm³/mol. The molecule has 16 heavy (non-hydrogen) atoms. The number of rotatable bonds is 3. The first-order chi connectivity index (χ1) is 7.30. The summed E-state index contributed by atoms with van der Waals surface area (Å²) in [5, 5.41) is 11.1. The van der Waals surface area contributed by atoms with Gasteiger partial charge in [0.15, 0.2) is 6.10 Å². The summed E-state index contributed by atoms with van der Waals surface area (Å²) in [5.74, 6) is 0.214. The number of hydrogen-bond acceptors (Lipinski definition) is 4. The number of aromatic nitrogens is 2. The van der Waals surface area contributed by atoms with E-state index in [0.29, 0.717) is 11.4 Å². The molecule has 0 saturated heterocycles. The average molecular weight is 235 g/mol. The number of hydrogen-bond donors (Lipinski definition) is 2. The smallest absolute Gasteiger partial charge is 0.382 e. The highest BCUT2D eigenvalue weighted by molar-refractivity contribution is 5.33. The molecule has 0 aliphatic carbocycles. The third-order valence-corrected chi connectivity index (χ3v) is 2.05. The number of nitrogens with one attached hydrogen (secondary N) is 1. The molecule has 0 aliphatic rings. The van der Waals surface area contributed by atoms with Crippen LogP contribution in [0.15, 0.2) is 6.20 Å². The number of halogens is 3. The van der Waals surface area contributed by atoms with Gasteiger partial charge < -0.3 is 10.4 Å². The van der Waals surface area contributed by atoms with E-state index in [2.05, 4.69) is 15.3 Å². The molecule has 1 heterocycles. The second-order valence-electron chi connectivity index (χ2n) is 3.36. The van der Waals surface area contributed by atoms with E-state index in [1.807, 2.05) is 0 Å². The third-order valence-electron chi connectivity index (χ3n) is 2.05. The fraction of sp³-hybridized carbons (Fsp3) is 0.556. The van der Waals surface area contributed by atoms with Gasteiger partial charge in [-0.1, -0.05) is 0 Å². The molecular formula is C9H12F3N3O. The molecule has 1 rings (SSSR count). The molecular weight excluding hydrogens is 223 g/mol. The van der Waals surface area contributed by atoms with Gasteiger partial charge in [0, 0.05) is 0 Å². The molecule has 2 N–H and O–H groups in total. The van der Waals surface area contributed by atoms with E-state index in [1.165, 1.54) is 6.20 Å². The molecule has 1 aromatic heterocycles. The lowest BCUT2D eigenvalue weighted by Gasteiger charge is -2.15. The van der Waals surface area contributed by atoms with Gasteiger partial charge in [0.25, 0.3) is 0 Å². The van der Waals surface area contributed by atoms with E-state index in [0.717, 1.165) is 0 Å². The first-order valence-electron chi connectivity index (χ1n) is 4.59. The Morgan fingerprint density at radius 3 is 2.50 bits per heavy atom. The van der Waals surface area contributed by atoms with Crippen LogP contribution in [-0.2, 0) is 0 Å². The van der Waals surface area contributed by atoms with Crippen molar-refractivity contribution in [1.82, 2.24) is 9.97 Å². The van der Waals surface area contributed by atoms with Crippen LogP contribution < -0.4 is 5.32 Å². The van der Waals surface area contributed by atoms with Crippen LogP contribution in [0.1, 0.15) is 11.4 Å². The van der Waals surface area contributed by atoms with Gasteiger partial charge in [0.1, 0.15) is 5.82 Å². The third kappa shape index (κ3) is 3.34. The van der Waals surface area contributed by atoms with Crippen LogP contribution >= 0.6 is 0 Å². The van der Waals surface area contributed by atoms with Gasteiger partial charge in [-0.3, -0.25) is 4.98 Å². The van der Waals surface area contributed by atoms with Gasteiger partial charge in [-0.15, -0.1) is 0 Å². The lowest BCUT2D eigenvalue weighted by molar-refractivity contribution is -0.198. The van der Waals surface area contributed by atoms with Crippen molar-refractivity contribution in [1.29, 1.82) is 0 Å². The Balaban J connectivity index is 2.58. The highest BCUT2D eigenvalue weighted by atomic mass is 19.4. The minimum Gasteiger partial charge on any atom is -0.382 e. The fourth-order valence-corrected chi connectivity index (χ4v) is 0.944. The topological polar surface area (TPSA) is 58.0 Å². The van der Waals surface area contributed by atoms with E-state index < -0.39 is 18.8 Å². The molecule has 0 amide bonds. The van der Waals surface area contributed by atoms with Crippen LogP contribution in [-0.4, -0.2) is 33.9 Å². The van der Waals surface area contributed by atoms with Gasteiger partial charge in [-0.2, -0.15) is 13.2 Å². The van der Waals surface area contributed by atoms with Gasteiger partial charge in [-0.05, 0) is 13.8 Å². The second-order valence-corrected chi connectivity index (χ2v) is 3.36. The number of alkyl halides is 3. The number of nitrogens with zero attached hydrogens (tertiary/aromatic N) is 2. The summed E-state index contributed by atoms with van der Waals surface area (Å²) in [4.78, 5) is 7.91. The zero-order valence-electron chi connectivity index (χ0n) is 8.84. The molecule has 4 nitrogen and oxygen atoms in total. The van der Waals surface area contributed by atoms with E-state index in [9.17, 15) is 13.2 Å². The standard InChI is InChI=1S/C9H12F3N3O/c1-5-6(2)15-8(4-13-5)14-3-7(16)9(10,11)12/h4,7,16H,3H2,1-2H3,(H,14,15). The minimum atomic E-state index is -4.62. The predicted octanol–water partition coefficient (Wildman–Crippen LogP) is 1.43. The van der Waals surface area contributed by atoms with E-state index in [-0.39, 0.29) is 5.82 Å². The van der Waals surface area contributed by atoms with Gasteiger partial charge >= 0.3 is 6.18 Å². The van der Waals surface area contributed by atoms with Gasteiger partial charge in [-0.25, -0.2) is 4.98 Å². The Morgan fingerprint density at radius 1 is 1.38 bits per heavy atom. The molecule has 1 atom stereocenters. The van der Waals surface area contributed by atoms with Gasteiger partial charge in [0.2, 0.25) is 0 Å². The number of anilines is 1. The van der Waals surface area contributed by atoms with E-state index in [1.54, 1.807) is 13.8 Å². The first-order valence-corrected chi connectivity index (χ1v) is 4.59. The van der Waals surface area contributed by atoms with Crippen LogP contribution in [0.3, 0.4) is 0 Å². The van der Waals surface area contributed by atoms with Gasteiger partial charge in [0.05, 0.1) is 24.1 Å². The Morgan fingerprint density at radius 2 is 2.00 bits per heavy atom. The van der Waals surface area contributed by atoms with Crippen molar-refractivity contribution in [2.45, 2.75) is 26.1 Å². The molecule has 90 valence electrons. The Hall–Kier alpha value is -1.37. The molecule has 1 aromatic rings. The maximum atomic E-state index is 12.0. The summed E-state index contributed by atoms with van der Waals surface area (Å²) in [6, 6.07) is 0. The van der Waals surface area contributed by atoms with Crippen LogP contribution in [0.25, 0.3) is 0 Å². The van der Waals surface area contributed by atoms with Crippen molar-refractivity contribution in [3.8, 4) is 0 Å². The van der Waals surface area contributed by atoms with Crippen LogP contribution in [0.4, 0.5) is 19.0 Å². The van der Waals surface area contributed by atoms with Crippen LogP contribution in [0.2, 0.25) is 0 Å². The molecule has 7 heteroatoms. The SMILES string of the molecule is Cc1ncc(NCC(O)C(F)(F)F)nc1C. The molecule has 0 bridgehead atoms. The highest BCUT2D eigenvalue weighted by Gasteiger charge is 2.37. The van der Waals surface area contributed by atoms with Crippen molar-refractivity contribution in [2.75, 3.05) is 11.9 Å². The molecule has 0 spiro atoms. The Kier molecular flexibility index (Phi) is 3.69. The number of aliphatic hydroxyl groups is 1. The van der Waals surface area contributed by atoms with Crippen molar-refractivity contribution in [2.24, 2.45) is 0 Å². The zero-order chi connectivity index (χ0) is 12.3. The molecule has 1 unspecified atom stereocenters. The monoisotopic (exact) mass is 235 g/mol. The summed E-state index contributed by atoms with van der Waals surface area (Å²) in [6.07, 6.45) is -5.71. The lowest BCUT2D eigenvalue weighted by Crippen LogP contribution is -2.35. The maximum Gasteiger partial charge on any atom is 0.416 e. The quantitative estimate of drug-likeness (QED) is 0.832. The molecule has 0 fully saturated rings. The minimum absolute atomic E-state index is 0.214. The number of aliphatic hydroxyl groups excluding tert-OH is 1. The largest absolute Gasteiger partial charge is 0.416 e. The second kappa shape index (κ2) is 4.65. The van der Waals surface area contributed by atoms with Crippen molar-refractivity contribution >= 4 is 5.82 Å². The van der Waals surface area contributed by atoms with Crippen LogP contribution in [0, 0.1) is 13.8 Å². The molecule has 0 saturated carbocycles. The van der Waals surface area contributed by atoms with E-state index >= 15 is 0 Å². The van der Waals surface area contributed by atoms with Crippen molar-refractivity contribution in [3.05, 3.63) is 17.6 Å². The summed E-state index contributed by atoms with van der Waals surface area (Å²) < 4.78 is 35.9. The summed E-state index contributed by atoms with van der Waals surface area (Å²) in [7, 11) is 0. The molecule has 0 radical (unpaired) electrons. The Bertz CT molecular complexity index is 368. The van der Waals surface area contributed by atoms with Crippen molar-refractivity contribution < 1.29 is 18.3 Å². The summed E-state index contributed by atoms with van der Waals surface area (Å²) in [6.45, 7) is 2.81. The lowest BCUT2D eigenvalue weighted by atomic mass is 10.3. The average Bonchev–Trinajstić information content (AvgIpc) is 2.18. The Labute approximate surface area is 90.5 Å².